The van der Waals surface area contributed by atoms with Crippen molar-refractivity contribution in [1.29, 1.82) is 0 Å². The average Bonchev–Trinajstić information content (AvgIpc) is 3.13. The van der Waals surface area contributed by atoms with Crippen molar-refractivity contribution >= 4 is 11.8 Å². The van der Waals surface area contributed by atoms with Gasteiger partial charge in [0.15, 0.2) is 0 Å². The van der Waals surface area contributed by atoms with Crippen LogP contribution in [0.15, 0.2) is 42.5 Å². The van der Waals surface area contributed by atoms with Gasteiger partial charge in [0.2, 0.25) is 0 Å². The fraction of sp³-hybridized carbons (Fsp3) is 0.381. The smallest absolute Gasteiger partial charge is 0.269 e. The first-order chi connectivity index (χ1) is 13.1. The second kappa shape index (κ2) is 7.12. The van der Waals surface area contributed by atoms with E-state index in [9.17, 15) is 9.59 Å². The van der Waals surface area contributed by atoms with E-state index >= 15 is 0 Å². The molecule has 4 rings (SSSR count). The Bertz CT molecular complexity index is 858. The number of nitrogens with zero attached hydrogens (tertiary/aromatic N) is 1. The van der Waals surface area contributed by atoms with E-state index in [1.54, 1.807) is 19.2 Å². The van der Waals surface area contributed by atoms with Crippen molar-refractivity contribution in [2.45, 2.75) is 18.9 Å². The molecule has 0 radical (unpaired) electrons. The zero-order valence-electron chi connectivity index (χ0n) is 15.4. The largest absolute Gasteiger partial charge is 0.381 e. The average molecular weight is 365 g/mol. The third-order valence-corrected chi connectivity index (χ3v) is 5.56. The minimum atomic E-state index is -0.303. The van der Waals surface area contributed by atoms with E-state index in [2.05, 4.69) is 15.6 Å². The molecule has 1 saturated carbocycles. The van der Waals surface area contributed by atoms with Crippen molar-refractivity contribution < 1.29 is 14.3 Å². The summed E-state index contributed by atoms with van der Waals surface area (Å²) in [7, 11) is 1.56. The van der Waals surface area contributed by atoms with E-state index in [4.69, 9.17) is 4.74 Å². The molecule has 2 fully saturated rings. The van der Waals surface area contributed by atoms with E-state index in [1.807, 2.05) is 37.3 Å². The van der Waals surface area contributed by atoms with Crippen molar-refractivity contribution in [1.82, 2.24) is 15.6 Å². The van der Waals surface area contributed by atoms with E-state index in [-0.39, 0.29) is 29.5 Å². The quantitative estimate of drug-likeness (QED) is 0.849. The number of carbonyl (C=O) groups excluding carboxylic acids is 2. The predicted octanol–water partition coefficient (Wildman–Crippen LogP) is 1.97. The molecule has 6 nitrogen and oxygen atoms in total. The van der Waals surface area contributed by atoms with Crippen LogP contribution in [0.1, 0.15) is 44.9 Å². The van der Waals surface area contributed by atoms with Crippen LogP contribution in [0.2, 0.25) is 0 Å². The minimum absolute atomic E-state index is 0.0314. The van der Waals surface area contributed by atoms with Crippen LogP contribution in [0.4, 0.5) is 0 Å². The molecule has 1 aromatic heterocycles. The number of benzene rings is 1. The van der Waals surface area contributed by atoms with Crippen LogP contribution in [0.25, 0.3) is 0 Å². The van der Waals surface area contributed by atoms with Crippen LogP contribution in [-0.2, 0) is 4.74 Å². The third-order valence-electron chi connectivity index (χ3n) is 5.56. The van der Waals surface area contributed by atoms with Crippen LogP contribution in [0.5, 0.6) is 0 Å². The molecule has 1 aliphatic heterocycles. The lowest BCUT2D eigenvalue weighted by Gasteiger charge is -2.15. The Labute approximate surface area is 158 Å². The van der Waals surface area contributed by atoms with Gasteiger partial charge < -0.3 is 15.4 Å². The molecule has 1 saturated heterocycles. The Morgan fingerprint density at radius 2 is 1.81 bits per heavy atom. The Balaban J connectivity index is 1.62. The summed E-state index contributed by atoms with van der Waals surface area (Å²) in [5.41, 5.74) is 2.50. The fourth-order valence-electron chi connectivity index (χ4n) is 3.75. The number of rotatable bonds is 5. The zero-order chi connectivity index (χ0) is 19.0. The predicted molar refractivity (Wildman–Crippen MR) is 101 cm³/mol. The van der Waals surface area contributed by atoms with E-state index in [0.29, 0.717) is 36.3 Å². The van der Waals surface area contributed by atoms with Crippen molar-refractivity contribution in [2.75, 3.05) is 20.3 Å². The number of carbonyl (C=O) groups is 2. The van der Waals surface area contributed by atoms with Crippen LogP contribution < -0.4 is 10.6 Å². The van der Waals surface area contributed by atoms with Gasteiger partial charge in [0.25, 0.3) is 11.8 Å². The van der Waals surface area contributed by atoms with Gasteiger partial charge in [-0.05, 0) is 17.7 Å². The van der Waals surface area contributed by atoms with E-state index < -0.39 is 0 Å². The highest BCUT2D eigenvalue weighted by molar-refractivity contribution is 5.99. The topological polar surface area (TPSA) is 80.3 Å². The molecule has 0 bridgehead atoms. The number of hydrogen-bond acceptors (Lipinski definition) is 4. The standard InChI is InChI=1S/C21H23N3O3/c1-12(13-6-4-3-5-7-13)17-8-14(9-18(23-17)21(26)22-2)20(25)24-19-15-10-27-11-16(15)19/h3-9,12,15-16,19H,10-11H2,1-2H3,(H,22,26)(H,24,25)/t12-,15-,16+,19?/m1/s1. The molecule has 2 aromatic rings. The van der Waals surface area contributed by atoms with Gasteiger partial charge in [0, 0.05) is 42.1 Å². The Morgan fingerprint density at radius 3 is 2.48 bits per heavy atom. The van der Waals surface area contributed by atoms with Crippen molar-refractivity contribution in [3.63, 3.8) is 0 Å². The summed E-state index contributed by atoms with van der Waals surface area (Å²) < 4.78 is 5.37. The molecule has 2 aliphatic rings. The number of aromatic nitrogens is 1. The lowest BCUT2D eigenvalue weighted by Crippen LogP contribution is -2.30. The molecule has 27 heavy (non-hydrogen) atoms. The number of fused-ring (bicyclic) bond motifs is 1. The molecule has 140 valence electrons. The van der Waals surface area contributed by atoms with Gasteiger partial charge in [0.05, 0.1) is 13.2 Å². The van der Waals surface area contributed by atoms with Gasteiger partial charge >= 0.3 is 0 Å². The lowest BCUT2D eigenvalue weighted by atomic mass is 9.96. The van der Waals surface area contributed by atoms with Gasteiger partial charge in [-0.25, -0.2) is 4.98 Å². The van der Waals surface area contributed by atoms with Crippen LogP contribution in [0.3, 0.4) is 0 Å². The summed E-state index contributed by atoms with van der Waals surface area (Å²) in [5.74, 6) is 0.358. The normalized spacial score (nSPS) is 24.0. The van der Waals surface area contributed by atoms with Crippen LogP contribution in [-0.4, -0.2) is 43.1 Å². The number of amides is 2. The summed E-state index contributed by atoms with van der Waals surface area (Å²) in [4.78, 5) is 29.5. The maximum absolute atomic E-state index is 12.8. The minimum Gasteiger partial charge on any atom is -0.381 e. The van der Waals surface area contributed by atoms with Crippen molar-refractivity contribution in [3.05, 3.63) is 65.0 Å². The van der Waals surface area contributed by atoms with Crippen LogP contribution >= 0.6 is 0 Å². The summed E-state index contributed by atoms with van der Waals surface area (Å²) >= 11 is 0. The molecule has 2 N–H and O–H groups in total. The summed E-state index contributed by atoms with van der Waals surface area (Å²) in [6, 6.07) is 13.5. The first kappa shape index (κ1) is 17.7. The molecule has 2 amide bonds. The molecule has 0 spiro atoms. The molecule has 4 atom stereocenters. The summed E-state index contributed by atoms with van der Waals surface area (Å²) in [6.07, 6.45) is 0. The van der Waals surface area contributed by atoms with E-state index in [0.717, 1.165) is 5.56 Å². The first-order valence-corrected chi connectivity index (χ1v) is 9.26. The highest BCUT2D eigenvalue weighted by atomic mass is 16.5. The Morgan fingerprint density at radius 1 is 1.11 bits per heavy atom. The fourth-order valence-corrected chi connectivity index (χ4v) is 3.75. The SMILES string of the molecule is CNC(=O)c1cc(C(=O)NC2[C@H]3COC[C@@H]23)cc([C@H](C)c2ccccc2)n1. The number of nitrogens with one attached hydrogen (secondary N) is 2. The molecule has 1 aliphatic carbocycles. The van der Waals surface area contributed by atoms with Gasteiger partial charge in [-0.1, -0.05) is 37.3 Å². The maximum atomic E-state index is 12.8. The van der Waals surface area contributed by atoms with Crippen molar-refractivity contribution in [2.24, 2.45) is 11.8 Å². The second-order valence-corrected chi connectivity index (χ2v) is 7.24. The highest BCUT2D eigenvalue weighted by Gasteiger charge is 2.54. The second-order valence-electron chi connectivity index (χ2n) is 7.24. The molecule has 1 unspecified atom stereocenters. The molecule has 1 aromatic carbocycles. The van der Waals surface area contributed by atoms with Gasteiger partial charge in [-0.2, -0.15) is 0 Å². The number of pyridine rings is 1. The number of ether oxygens (including phenoxy) is 1. The zero-order valence-corrected chi connectivity index (χ0v) is 15.4. The van der Waals surface area contributed by atoms with Crippen molar-refractivity contribution in [3.8, 4) is 0 Å². The monoisotopic (exact) mass is 365 g/mol. The van der Waals surface area contributed by atoms with Gasteiger partial charge in [0.1, 0.15) is 5.69 Å². The van der Waals surface area contributed by atoms with Gasteiger partial charge in [-0.3, -0.25) is 9.59 Å². The summed E-state index contributed by atoms with van der Waals surface area (Å²) in [5, 5.41) is 5.67. The third kappa shape index (κ3) is 3.45. The maximum Gasteiger partial charge on any atom is 0.269 e. The Hall–Kier alpha value is -2.73. The summed E-state index contributed by atoms with van der Waals surface area (Å²) in [6.45, 7) is 3.45. The molecule has 2 heterocycles. The highest BCUT2D eigenvalue weighted by Crippen LogP contribution is 2.44. The lowest BCUT2D eigenvalue weighted by molar-refractivity contribution is 0.0928. The van der Waals surface area contributed by atoms with E-state index in [1.165, 1.54) is 0 Å². The molecule has 6 heteroatoms. The first-order valence-electron chi connectivity index (χ1n) is 9.26. The number of hydrogen-bond donors (Lipinski definition) is 2. The van der Waals surface area contributed by atoms with Gasteiger partial charge in [-0.15, -0.1) is 0 Å². The molecular formula is C21H23N3O3. The van der Waals surface area contributed by atoms with Crippen LogP contribution in [0, 0.1) is 11.8 Å². The Kier molecular flexibility index (Phi) is 4.66. The molecular weight excluding hydrogens is 342 g/mol.